The van der Waals surface area contributed by atoms with Crippen LogP contribution < -0.4 is 23.7 Å². The summed E-state index contributed by atoms with van der Waals surface area (Å²) in [5.74, 6) is 3.00. The lowest BCUT2D eigenvalue weighted by Gasteiger charge is -2.39. The van der Waals surface area contributed by atoms with Gasteiger partial charge >= 0.3 is 0 Å². The Morgan fingerprint density at radius 2 is 1.66 bits per heavy atom. The lowest BCUT2D eigenvalue weighted by molar-refractivity contribution is -0.277. The van der Waals surface area contributed by atoms with E-state index in [4.69, 9.17) is 28.4 Å². The summed E-state index contributed by atoms with van der Waals surface area (Å²) in [4.78, 5) is 0. The van der Waals surface area contributed by atoms with Gasteiger partial charge in [0.15, 0.2) is 11.5 Å². The van der Waals surface area contributed by atoms with Crippen molar-refractivity contribution < 1.29 is 48.8 Å². The Hall–Kier alpha value is -2.76. The monoisotopic (exact) mass is 446 g/mol. The highest BCUT2D eigenvalue weighted by atomic mass is 16.7. The molecule has 32 heavy (non-hydrogen) atoms. The summed E-state index contributed by atoms with van der Waals surface area (Å²) in [6.45, 7) is 0.0648. The van der Waals surface area contributed by atoms with Gasteiger partial charge in [0.2, 0.25) is 13.1 Å². The molecule has 0 saturated carbocycles. The van der Waals surface area contributed by atoms with Crippen molar-refractivity contribution in [3.8, 4) is 28.7 Å². The van der Waals surface area contributed by atoms with Gasteiger partial charge in [-0.15, -0.1) is 0 Å². The number of benzene rings is 2. The van der Waals surface area contributed by atoms with Gasteiger partial charge in [0.1, 0.15) is 47.8 Å². The van der Waals surface area contributed by atoms with Gasteiger partial charge in [-0.05, 0) is 18.2 Å². The van der Waals surface area contributed by atoms with Crippen molar-refractivity contribution in [3.05, 3.63) is 41.5 Å². The predicted octanol–water partition coefficient (Wildman–Crippen LogP) is 0.204. The SMILES string of the molecule is OC[C@@H]1O[C@@H](Oc2ccc3c(c2)OC[C@@H]2c4cc5c(cc4O[C@H]32)OCO5)[C@H](O)[C@@H](O)[C@@H]1O. The zero-order valence-corrected chi connectivity index (χ0v) is 16.8. The Morgan fingerprint density at radius 1 is 0.844 bits per heavy atom. The van der Waals surface area contributed by atoms with Crippen LogP contribution in [-0.2, 0) is 4.74 Å². The molecule has 4 aliphatic heterocycles. The average Bonchev–Trinajstić information content (AvgIpc) is 3.41. The van der Waals surface area contributed by atoms with Crippen molar-refractivity contribution in [2.24, 2.45) is 0 Å². The molecule has 2 aromatic carbocycles. The molecule has 4 heterocycles. The number of aliphatic hydroxyl groups is 4. The highest BCUT2D eigenvalue weighted by Crippen LogP contribution is 2.54. The van der Waals surface area contributed by atoms with Gasteiger partial charge in [0, 0.05) is 23.3 Å². The van der Waals surface area contributed by atoms with E-state index in [1.807, 2.05) is 18.2 Å². The minimum Gasteiger partial charge on any atom is -0.492 e. The molecule has 0 amide bonds. The molecule has 0 aliphatic carbocycles. The molecule has 170 valence electrons. The smallest absolute Gasteiger partial charge is 0.231 e. The van der Waals surface area contributed by atoms with Gasteiger partial charge in [0.05, 0.1) is 19.1 Å². The molecule has 4 N–H and O–H groups in total. The molecule has 10 nitrogen and oxygen atoms in total. The lowest BCUT2D eigenvalue weighted by atomic mass is 9.89. The van der Waals surface area contributed by atoms with Gasteiger partial charge in [-0.1, -0.05) is 0 Å². The van der Waals surface area contributed by atoms with Crippen LogP contribution in [0.5, 0.6) is 28.7 Å². The van der Waals surface area contributed by atoms with Crippen molar-refractivity contribution in [2.45, 2.75) is 42.7 Å². The van der Waals surface area contributed by atoms with Crippen LogP contribution in [0.4, 0.5) is 0 Å². The summed E-state index contributed by atoms with van der Waals surface area (Å²) in [6.07, 6.45) is -7.01. The highest BCUT2D eigenvalue weighted by Gasteiger charge is 2.45. The maximum atomic E-state index is 10.2. The van der Waals surface area contributed by atoms with Crippen LogP contribution in [0.15, 0.2) is 30.3 Å². The summed E-state index contributed by atoms with van der Waals surface area (Å²) in [5, 5.41) is 39.4. The maximum absolute atomic E-state index is 10.2. The van der Waals surface area contributed by atoms with Crippen LogP contribution in [0.2, 0.25) is 0 Å². The summed E-state index contributed by atoms with van der Waals surface area (Å²) < 4.78 is 34.2. The van der Waals surface area contributed by atoms with Gasteiger partial charge in [-0.3, -0.25) is 0 Å². The van der Waals surface area contributed by atoms with Gasteiger partial charge in [-0.2, -0.15) is 0 Å². The van der Waals surface area contributed by atoms with Crippen molar-refractivity contribution in [3.63, 3.8) is 0 Å². The third-order valence-corrected chi connectivity index (χ3v) is 6.33. The fourth-order valence-electron chi connectivity index (χ4n) is 4.60. The van der Waals surface area contributed by atoms with Gasteiger partial charge in [-0.25, -0.2) is 0 Å². The Labute approximate surface area is 182 Å². The summed E-state index contributed by atoms with van der Waals surface area (Å²) in [6, 6.07) is 8.94. The maximum Gasteiger partial charge on any atom is 0.231 e. The molecule has 0 bridgehead atoms. The molecule has 10 heteroatoms. The third-order valence-electron chi connectivity index (χ3n) is 6.33. The summed E-state index contributed by atoms with van der Waals surface area (Å²) in [5.41, 5.74) is 1.85. The first-order chi connectivity index (χ1) is 15.5. The van der Waals surface area contributed by atoms with Crippen LogP contribution in [-0.4, -0.2) is 71.1 Å². The normalized spacial score (nSPS) is 34.1. The Kier molecular flexibility index (Phi) is 4.60. The summed E-state index contributed by atoms with van der Waals surface area (Å²) >= 11 is 0. The predicted molar refractivity (Wildman–Crippen MR) is 105 cm³/mol. The molecule has 6 rings (SSSR count). The number of rotatable bonds is 3. The van der Waals surface area contributed by atoms with Crippen molar-refractivity contribution in [2.75, 3.05) is 20.0 Å². The van der Waals surface area contributed by atoms with E-state index in [1.165, 1.54) is 0 Å². The topological polar surface area (TPSA) is 136 Å². The van der Waals surface area contributed by atoms with Crippen LogP contribution in [0.3, 0.4) is 0 Å². The molecule has 0 aromatic heterocycles. The number of hydrogen-bond donors (Lipinski definition) is 4. The van der Waals surface area contributed by atoms with Gasteiger partial charge < -0.3 is 48.8 Å². The molecule has 1 fully saturated rings. The quantitative estimate of drug-likeness (QED) is 0.518. The van der Waals surface area contributed by atoms with Crippen molar-refractivity contribution in [1.82, 2.24) is 0 Å². The molecule has 0 unspecified atom stereocenters. The highest BCUT2D eigenvalue weighted by molar-refractivity contribution is 5.57. The minimum absolute atomic E-state index is 0.00390. The number of hydrogen-bond acceptors (Lipinski definition) is 10. The van der Waals surface area contributed by atoms with E-state index in [1.54, 1.807) is 12.1 Å². The van der Waals surface area contributed by atoms with E-state index in [9.17, 15) is 20.4 Å². The molecule has 0 spiro atoms. The van der Waals surface area contributed by atoms with Crippen LogP contribution in [0.1, 0.15) is 23.1 Å². The molecule has 7 atom stereocenters. The van der Waals surface area contributed by atoms with E-state index in [-0.39, 0.29) is 18.8 Å². The lowest BCUT2D eigenvalue weighted by Crippen LogP contribution is -2.60. The van der Waals surface area contributed by atoms with E-state index < -0.39 is 37.3 Å². The largest absolute Gasteiger partial charge is 0.492 e. The first-order valence-electron chi connectivity index (χ1n) is 10.4. The van der Waals surface area contributed by atoms with E-state index in [2.05, 4.69) is 0 Å². The third kappa shape index (κ3) is 2.99. The minimum atomic E-state index is -1.51. The summed E-state index contributed by atoms with van der Waals surface area (Å²) in [7, 11) is 0. The standard InChI is InChI=1S/C22H22O10/c23-6-17-18(24)19(25)20(26)22(32-17)30-9-1-2-10-13(3-9)27-7-12-11-4-15-16(29-8-28-15)5-14(11)31-21(10)12/h1-5,12,17-26H,6-8H2/t12-,17+,18-,19+,20-,21-,22-/m1/s1. The van der Waals surface area contributed by atoms with Gasteiger partial charge in [0.25, 0.3) is 0 Å². The van der Waals surface area contributed by atoms with Crippen LogP contribution in [0, 0.1) is 0 Å². The fraction of sp³-hybridized carbons (Fsp3) is 0.455. The van der Waals surface area contributed by atoms with E-state index >= 15 is 0 Å². The van der Waals surface area contributed by atoms with Crippen molar-refractivity contribution in [1.29, 1.82) is 0 Å². The molecular formula is C22H22O10. The Bertz CT molecular complexity index is 1040. The second-order valence-corrected chi connectivity index (χ2v) is 8.21. The number of aliphatic hydroxyl groups excluding tert-OH is 4. The Balaban J connectivity index is 1.23. The Morgan fingerprint density at radius 3 is 2.47 bits per heavy atom. The fourth-order valence-corrected chi connectivity index (χ4v) is 4.60. The van der Waals surface area contributed by atoms with Crippen LogP contribution >= 0.6 is 0 Å². The number of ether oxygens (including phenoxy) is 6. The molecule has 1 saturated heterocycles. The number of fused-ring (bicyclic) bond motifs is 6. The second kappa shape index (κ2) is 7.39. The molecule has 2 aromatic rings. The molecular weight excluding hydrogens is 424 g/mol. The molecule has 0 radical (unpaired) electrons. The van der Waals surface area contributed by atoms with E-state index in [0.29, 0.717) is 29.6 Å². The second-order valence-electron chi connectivity index (χ2n) is 8.21. The zero-order chi connectivity index (χ0) is 22.0. The van der Waals surface area contributed by atoms with Crippen molar-refractivity contribution >= 4 is 0 Å². The molecule has 4 aliphatic rings. The average molecular weight is 446 g/mol. The first-order valence-corrected chi connectivity index (χ1v) is 10.4. The zero-order valence-electron chi connectivity index (χ0n) is 16.8. The van der Waals surface area contributed by atoms with E-state index in [0.717, 1.165) is 16.9 Å². The van der Waals surface area contributed by atoms with Crippen LogP contribution in [0.25, 0.3) is 0 Å². The first kappa shape index (κ1) is 19.9.